The van der Waals surface area contributed by atoms with Gasteiger partial charge in [-0.15, -0.1) is 0 Å². The normalized spacial score (nSPS) is 11.4. The number of hydrogen-bond donors (Lipinski definition) is 0. The number of benzene rings is 1. The van der Waals surface area contributed by atoms with E-state index in [0.29, 0.717) is 24.7 Å². The smallest absolute Gasteiger partial charge is 0.335 e. The summed E-state index contributed by atoms with van der Waals surface area (Å²) in [6, 6.07) is 3.53. The molecule has 0 heterocycles. The van der Waals surface area contributed by atoms with Crippen LogP contribution in [0.5, 0.6) is 11.5 Å². The van der Waals surface area contributed by atoms with Crippen molar-refractivity contribution < 1.29 is 23.1 Å². The lowest BCUT2D eigenvalue weighted by atomic mass is 10.2. The van der Waals surface area contributed by atoms with Gasteiger partial charge in [0.25, 0.3) is 0 Å². The van der Waals surface area contributed by atoms with Crippen LogP contribution < -0.4 is 9.47 Å². The monoisotopic (exact) mass is 366 g/mol. The zero-order chi connectivity index (χ0) is 15.2. The number of ether oxygens (including phenoxy) is 2. The minimum atomic E-state index is -3.18. The summed E-state index contributed by atoms with van der Waals surface area (Å²) in [5, 5.41) is 0. The highest BCUT2D eigenvalue weighted by molar-refractivity contribution is 9.10. The molecule has 0 spiro atoms. The van der Waals surface area contributed by atoms with Crippen LogP contribution >= 0.6 is 23.5 Å². The fourth-order valence-corrected chi connectivity index (χ4v) is 4.29. The first kappa shape index (κ1) is 17.5. The Bertz CT molecular complexity index is 482. The lowest BCUT2D eigenvalue weighted by molar-refractivity contribution is 0.218. The molecule has 0 unspecified atom stereocenters. The molecule has 0 saturated heterocycles. The Hall–Kier alpha value is -0.550. The van der Waals surface area contributed by atoms with E-state index in [4.69, 9.17) is 18.5 Å². The van der Waals surface area contributed by atoms with E-state index in [0.717, 1.165) is 10.0 Å². The highest BCUT2D eigenvalue weighted by Gasteiger charge is 2.27. The summed E-state index contributed by atoms with van der Waals surface area (Å²) in [7, 11) is -0.0546. The second-order valence-electron chi connectivity index (χ2n) is 3.89. The van der Waals surface area contributed by atoms with Gasteiger partial charge in [0.2, 0.25) is 0 Å². The Morgan fingerprint density at radius 2 is 1.70 bits per heavy atom. The van der Waals surface area contributed by atoms with Crippen LogP contribution in [0.15, 0.2) is 16.6 Å². The molecule has 114 valence electrons. The lowest BCUT2D eigenvalue weighted by Gasteiger charge is -2.19. The number of hydrogen-bond acceptors (Lipinski definition) is 5. The van der Waals surface area contributed by atoms with Gasteiger partial charge in [0.15, 0.2) is 0 Å². The largest absolute Gasteiger partial charge is 0.497 e. The fourth-order valence-electron chi connectivity index (χ4n) is 1.76. The van der Waals surface area contributed by atoms with Gasteiger partial charge < -0.3 is 18.5 Å². The average Bonchev–Trinajstić information content (AvgIpc) is 2.41. The van der Waals surface area contributed by atoms with E-state index in [1.165, 1.54) is 0 Å². The van der Waals surface area contributed by atoms with Crippen LogP contribution in [-0.4, -0.2) is 27.4 Å². The van der Waals surface area contributed by atoms with E-state index in [1.54, 1.807) is 40.2 Å². The minimum Gasteiger partial charge on any atom is -0.497 e. The summed E-state index contributed by atoms with van der Waals surface area (Å²) in [5.41, 5.74) is 0.735. The molecule has 20 heavy (non-hydrogen) atoms. The second-order valence-corrected chi connectivity index (χ2v) is 6.80. The molecule has 0 radical (unpaired) electrons. The molecule has 0 fully saturated rings. The fraction of sp³-hybridized carbons (Fsp3) is 0.538. The van der Waals surface area contributed by atoms with Crippen molar-refractivity contribution in [3.8, 4) is 11.5 Å². The van der Waals surface area contributed by atoms with Gasteiger partial charge in [-0.3, -0.25) is 4.57 Å². The maximum atomic E-state index is 12.6. The van der Waals surface area contributed by atoms with E-state index in [2.05, 4.69) is 15.9 Å². The summed E-state index contributed by atoms with van der Waals surface area (Å²) in [5.74, 6) is 1.23. The Kier molecular flexibility index (Phi) is 7.03. The first-order valence-corrected chi connectivity index (χ1v) is 8.80. The van der Waals surface area contributed by atoms with Crippen LogP contribution in [0.2, 0.25) is 0 Å². The molecule has 0 bridgehead atoms. The van der Waals surface area contributed by atoms with Gasteiger partial charge in [-0.1, -0.05) is 15.9 Å². The Morgan fingerprint density at radius 1 is 1.10 bits per heavy atom. The predicted molar refractivity (Wildman–Crippen MR) is 81.8 cm³/mol. The molecule has 1 aromatic rings. The third kappa shape index (κ3) is 4.48. The third-order valence-corrected chi connectivity index (χ3v) is 5.30. The van der Waals surface area contributed by atoms with Crippen molar-refractivity contribution in [1.29, 1.82) is 0 Å². The van der Waals surface area contributed by atoms with Crippen molar-refractivity contribution in [3.05, 3.63) is 22.2 Å². The summed E-state index contributed by atoms with van der Waals surface area (Å²) in [4.78, 5) is 0. The zero-order valence-corrected chi connectivity index (χ0v) is 14.6. The summed E-state index contributed by atoms with van der Waals surface area (Å²) in [6.07, 6.45) is 0.141. The van der Waals surface area contributed by atoms with E-state index >= 15 is 0 Å². The van der Waals surface area contributed by atoms with Crippen molar-refractivity contribution >= 4 is 23.5 Å². The van der Waals surface area contributed by atoms with E-state index in [-0.39, 0.29) is 6.16 Å². The van der Waals surface area contributed by atoms with Crippen LogP contribution in [0.25, 0.3) is 0 Å². The minimum absolute atomic E-state index is 0.141. The highest BCUT2D eigenvalue weighted by Crippen LogP contribution is 2.54. The van der Waals surface area contributed by atoms with E-state index < -0.39 is 7.60 Å². The molecule has 1 rings (SSSR count). The average molecular weight is 367 g/mol. The van der Waals surface area contributed by atoms with Crippen molar-refractivity contribution in [2.75, 3.05) is 27.4 Å². The molecule has 1 aromatic carbocycles. The van der Waals surface area contributed by atoms with Gasteiger partial charge in [-0.25, -0.2) is 0 Å². The third-order valence-electron chi connectivity index (χ3n) is 2.59. The van der Waals surface area contributed by atoms with Crippen molar-refractivity contribution in [1.82, 2.24) is 0 Å². The van der Waals surface area contributed by atoms with Crippen LogP contribution in [0, 0.1) is 0 Å². The molecule has 0 aliphatic rings. The Morgan fingerprint density at radius 3 is 2.15 bits per heavy atom. The molecule has 5 nitrogen and oxygen atoms in total. The van der Waals surface area contributed by atoms with Gasteiger partial charge in [0, 0.05) is 16.1 Å². The molecule has 0 amide bonds. The SMILES string of the molecule is CCOP(=O)(Cc1c(Br)cc(OC)cc1OC)OCC. The maximum Gasteiger partial charge on any atom is 0.335 e. The predicted octanol–water partition coefficient (Wildman–Crippen LogP) is 4.23. The van der Waals surface area contributed by atoms with Gasteiger partial charge in [0.05, 0.1) is 33.6 Å². The lowest BCUT2D eigenvalue weighted by Crippen LogP contribution is -2.02. The van der Waals surface area contributed by atoms with Gasteiger partial charge in [-0.2, -0.15) is 0 Å². The molecule has 0 saturated carbocycles. The van der Waals surface area contributed by atoms with Crippen LogP contribution in [-0.2, 0) is 19.8 Å². The highest BCUT2D eigenvalue weighted by atomic mass is 79.9. The first-order valence-electron chi connectivity index (χ1n) is 6.28. The Labute approximate surface area is 128 Å². The van der Waals surface area contributed by atoms with Crippen LogP contribution in [0.1, 0.15) is 19.4 Å². The number of rotatable bonds is 8. The topological polar surface area (TPSA) is 54.0 Å². The summed E-state index contributed by atoms with van der Waals surface area (Å²) < 4.78 is 34.5. The standard InChI is InChI=1S/C13H20BrO5P/c1-5-18-20(15,19-6-2)9-11-12(14)7-10(16-3)8-13(11)17-4/h7-8H,5-6,9H2,1-4H3. The zero-order valence-electron chi connectivity index (χ0n) is 12.1. The molecule has 0 N–H and O–H groups in total. The quantitative estimate of drug-likeness (QED) is 0.644. The van der Waals surface area contributed by atoms with Crippen LogP contribution in [0.4, 0.5) is 0 Å². The molecular formula is C13H20BrO5P. The summed E-state index contributed by atoms with van der Waals surface area (Å²) >= 11 is 3.44. The molecule has 7 heteroatoms. The molecule has 0 aliphatic carbocycles. The van der Waals surface area contributed by atoms with Crippen LogP contribution in [0.3, 0.4) is 0 Å². The number of halogens is 1. The van der Waals surface area contributed by atoms with E-state index in [9.17, 15) is 4.57 Å². The van der Waals surface area contributed by atoms with Crippen molar-refractivity contribution in [2.24, 2.45) is 0 Å². The van der Waals surface area contributed by atoms with Gasteiger partial charge >= 0.3 is 7.60 Å². The van der Waals surface area contributed by atoms with Crippen molar-refractivity contribution in [3.63, 3.8) is 0 Å². The molecule has 0 atom stereocenters. The number of methoxy groups -OCH3 is 2. The second kappa shape index (κ2) is 8.03. The molecule has 0 aliphatic heterocycles. The molecular weight excluding hydrogens is 347 g/mol. The van der Waals surface area contributed by atoms with E-state index in [1.807, 2.05) is 0 Å². The van der Waals surface area contributed by atoms with Crippen molar-refractivity contribution in [2.45, 2.75) is 20.0 Å². The first-order chi connectivity index (χ1) is 9.49. The van der Waals surface area contributed by atoms with Gasteiger partial charge in [0.1, 0.15) is 11.5 Å². The maximum absolute atomic E-state index is 12.6. The Balaban J connectivity index is 3.15. The van der Waals surface area contributed by atoms with Gasteiger partial charge in [-0.05, 0) is 19.9 Å². The summed E-state index contributed by atoms with van der Waals surface area (Å²) in [6.45, 7) is 4.22. The molecule has 0 aromatic heterocycles.